The number of imidazole rings is 1. The van der Waals surface area contributed by atoms with Crippen LogP contribution in [0.5, 0.6) is 0 Å². The standard InChI is InChI=1S/C8H15N3O2S/c1-7-6-11(8(9)10-7)4-3-5-14(2,12)13/h6H,3-5H2,1-2H3,(H2,9,10). The van der Waals surface area contributed by atoms with E-state index in [2.05, 4.69) is 4.98 Å². The second-order valence-electron chi connectivity index (χ2n) is 3.42. The molecule has 0 unspecified atom stereocenters. The molecule has 80 valence electrons. The summed E-state index contributed by atoms with van der Waals surface area (Å²) in [5.41, 5.74) is 6.44. The number of nitrogen functional groups attached to an aromatic ring is 1. The summed E-state index contributed by atoms with van der Waals surface area (Å²) in [6.45, 7) is 2.45. The normalized spacial score (nSPS) is 11.9. The third kappa shape index (κ3) is 3.37. The van der Waals surface area contributed by atoms with Gasteiger partial charge in [0.1, 0.15) is 9.84 Å². The van der Waals surface area contributed by atoms with Crippen molar-refractivity contribution in [1.29, 1.82) is 0 Å². The maximum atomic E-state index is 10.9. The Kier molecular flexibility index (Phi) is 3.15. The van der Waals surface area contributed by atoms with Crippen molar-refractivity contribution in [2.45, 2.75) is 19.9 Å². The SMILES string of the molecule is Cc1cn(CCCS(C)(=O)=O)c(N)n1. The number of hydrogen-bond donors (Lipinski definition) is 1. The fourth-order valence-electron chi connectivity index (χ4n) is 1.24. The molecule has 0 bridgehead atoms. The molecule has 14 heavy (non-hydrogen) atoms. The van der Waals surface area contributed by atoms with Crippen molar-refractivity contribution in [3.63, 3.8) is 0 Å². The average Bonchev–Trinajstić information content (AvgIpc) is 2.27. The Bertz CT molecular complexity index is 408. The van der Waals surface area contributed by atoms with Gasteiger partial charge in [-0.2, -0.15) is 0 Å². The third-order valence-electron chi connectivity index (χ3n) is 1.84. The minimum absolute atomic E-state index is 0.184. The van der Waals surface area contributed by atoms with E-state index in [9.17, 15) is 8.42 Å². The first-order valence-corrected chi connectivity index (χ1v) is 6.41. The van der Waals surface area contributed by atoms with E-state index in [0.717, 1.165) is 5.69 Å². The highest BCUT2D eigenvalue weighted by Gasteiger charge is 2.04. The fourth-order valence-corrected chi connectivity index (χ4v) is 1.90. The van der Waals surface area contributed by atoms with E-state index in [1.165, 1.54) is 6.26 Å². The van der Waals surface area contributed by atoms with Crippen LogP contribution in [0, 0.1) is 6.92 Å². The van der Waals surface area contributed by atoms with Gasteiger partial charge in [0.15, 0.2) is 5.95 Å². The second-order valence-corrected chi connectivity index (χ2v) is 5.68. The molecule has 0 aliphatic heterocycles. The molecule has 1 rings (SSSR count). The van der Waals surface area contributed by atoms with Gasteiger partial charge in [0.2, 0.25) is 0 Å². The second kappa shape index (κ2) is 4.00. The molecule has 0 aliphatic rings. The Hall–Kier alpha value is -1.04. The van der Waals surface area contributed by atoms with Crippen LogP contribution >= 0.6 is 0 Å². The molecule has 1 aromatic rings. The van der Waals surface area contributed by atoms with Crippen LogP contribution in [0.3, 0.4) is 0 Å². The van der Waals surface area contributed by atoms with Crippen LogP contribution in [-0.4, -0.2) is 30.0 Å². The molecule has 1 heterocycles. The van der Waals surface area contributed by atoms with E-state index in [0.29, 0.717) is 18.9 Å². The molecule has 0 aliphatic carbocycles. The Morgan fingerprint density at radius 1 is 1.57 bits per heavy atom. The predicted molar refractivity (Wildman–Crippen MR) is 55.7 cm³/mol. The van der Waals surface area contributed by atoms with Gasteiger partial charge in [0, 0.05) is 19.0 Å². The number of aromatic nitrogens is 2. The Morgan fingerprint density at radius 3 is 2.64 bits per heavy atom. The lowest BCUT2D eigenvalue weighted by Crippen LogP contribution is -2.08. The number of sulfone groups is 1. The van der Waals surface area contributed by atoms with Crippen molar-refractivity contribution in [2.24, 2.45) is 0 Å². The highest BCUT2D eigenvalue weighted by molar-refractivity contribution is 7.90. The summed E-state index contributed by atoms with van der Waals surface area (Å²) in [6.07, 6.45) is 3.62. The summed E-state index contributed by atoms with van der Waals surface area (Å²) in [5.74, 6) is 0.625. The summed E-state index contributed by atoms with van der Waals surface area (Å²) in [7, 11) is -2.87. The monoisotopic (exact) mass is 217 g/mol. The van der Waals surface area contributed by atoms with Crippen molar-refractivity contribution in [3.8, 4) is 0 Å². The number of hydrogen-bond acceptors (Lipinski definition) is 4. The molecular formula is C8H15N3O2S. The molecule has 0 aromatic carbocycles. The van der Waals surface area contributed by atoms with Crippen molar-refractivity contribution in [3.05, 3.63) is 11.9 Å². The lowest BCUT2D eigenvalue weighted by molar-refractivity contribution is 0.592. The molecule has 0 radical (unpaired) electrons. The summed E-state index contributed by atoms with van der Waals surface area (Å²) >= 11 is 0. The van der Waals surface area contributed by atoms with Gasteiger partial charge in [-0.1, -0.05) is 0 Å². The van der Waals surface area contributed by atoms with Crippen LogP contribution in [0.2, 0.25) is 0 Å². The van der Waals surface area contributed by atoms with Gasteiger partial charge in [-0.15, -0.1) is 0 Å². The van der Waals surface area contributed by atoms with Crippen molar-refractivity contribution >= 4 is 15.8 Å². The summed E-state index contributed by atoms with van der Waals surface area (Å²) < 4.78 is 23.5. The highest BCUT2D eigenvalue weighted by Crippen LogP contribution is 2.05. The number of nitrogens with zero attached hydrogens (tertiary/aromatic N) is 2. The largest absolute Gasteiger partial charge is 0.369 e. The highest BCUT2D eigenvalue weighted by atomic mass is 32.2. The van der Waals surface area contributed by atoms with Gasteiger partial charge >= 0.3 is 0 Å². The molecule has 0 spiro atoms. The quantitative estimate of drug-likeness (QED) is 0.782. The van der Waals surface area contributed by atoms with Crippen LogP contribution in [0.4, 0.5) is 5.95 Å². The lowest BCUT2D eigenvalue weighted by atomic mass is 10.5. The molecule has 2 N–H and O–H groups in total. The van der Waals surface area contributed by atoms with Gasteiger partial charge in [0.05, 0.1) is 11.4 Å². The van der Waals surface area contributed by atoms with Gasteiger partial charge in [-0.05, 0) is 13.3 Å². The third-order valence-corrected chi connectivity index (χ3v) is 2.87. The number of anilines is 1. The minimum atomic E-state index is -2.87. The van der Waals surface area contributed by atoms with E-state index in [1.54, 1.807) is 4.57 Å². The first-order chi connectivity index (χ1) is 6.38. The van der Waals surface area contributed by atoms with Crippen molar-refractivity contribution in [2.75, 3.05) is 17.7 Å². The van der Waals surface area contributed by atoms with E-state index in [-0.39, 0.29) is 5.75 Å². The van der Waals surface area contributed by atoms with Gasteiger partial charge < -0.3 is 10.3 Å². The molecule has 1 aromatic heterocycles. The molecule has 6 heteroatoms. The molecule has 5 nitrogen and oxygen atoms in total. The fraction of sp³-hybridized carbons (Fsp3) is 0.625. The Morgan fingerprint density at radius 2 is 2.21 bits per heavy atom. The summed E-state index contributed by atoms with van der Waals surface area (Å²) in [6, 6.07) is 0. The van der Waals surface area contributed by atoms with Crippen LogP contribution in [-0.2, 0) is 16.4 Å². The van der Waals surface area contributed by atoms with E-state index in [1.807, 2.05) is 13.1 Å². The van der Waals surface area contributed by atoms with Gasteiger partial charge in [-0.3, -0.25) is 0 Å². The maximum absolute atomic E-state index is 10.9. The van der Waals surface area contributed by atoms with Crippen LogP contribution in [0.25, 0.3) is 0 Å². The van der Waals surface area contributed by atoms with Crippen LogP contribution < -0.4 is 5.73 Å². The molecule has 0 atom stereocenters. The Balaban J connectivity index is 2.50. The molecule has 0 amide bonds. The minimum Gasteiger partial charge on any atom is -0.369 e. The summed E-state index contributed by atoms with van der Waals surface area (Å²) in [4.78, 5) is 4.02. The smallest absolute Gasteiger partial charge is 0.200 e. The molecule has 0 fully saturated rings. The maximum Gasteiger partial charge on any atom is 0.200 e. The van der Waals surface area contributed by atoms with E-state index >= 15 is 0 Å². The van der Waals surface area contributed by atoms with Crippen molar-refractivity contribution in [1.82, 2.24) is 9.55 Å². The van der Waals surface area contributed by atoms with E-state index in [4.69, 9.17) is 5.73 Å². The predicted octanol–water partition coefficient (Wildman–Crippen LogP) is 0.208. The van der Waals surface area contributed by atoms with Gasteiger partial charge in [0.25, 0.3) is 0 Å². The number of rotatable bonds is 4. The first-order valence-electron chi connectivity index (χ1n) is 4.35. The zero-order valence-corrected chi connectivity index (χ0v) is 9.21. The molecule has 0 saturated carbocycles. The zero-order valence-electron chi connectivity index (χ0n) is 8.40. The topological polar surface area (TPSA) is 78.0 Å². The number of nitrogens with two attached hydrogens (primary N) is 1. The van der Waals surface area contributed by atoms with Gasteiger partial charge in [-0.25, -0.2) is 13.4 Å². The van der Waals surface area contributed by atoms with Crippen LogP contribution in [0.1, 0.15) is 12.1 Å². The molecular weight excluding hydrogens is 202 g/mol. The van der Waals surface area contributed by atoms with Crippen molar-refractivity contribution < 1.29 is 8.42 Å². The average molecular weight is 217 g/mol. The summed E-state index contributed by atoms with van der Waals surface area (Å²) in [5, 5.41) is 0. The first kappa shape index (κ1) is 11.0. The Labute approximate surface area is 83.9 Å². The number of aryl methyl sites for hydroxylation is 2. The van der Waals surface area contributed by atoms with Crippen LogP contribution in [0.15, 0.2) is 6.20 Å². The van der Waals surface area contributed by atoms with E-state index < -0.39 is 9.84 Å². The molecule has 0 saturated heterocycles. The lowest BCUT2D eigenvalue weighted by Gasteiger charge is -2.02. The zero-order chi connectivity index (χ0) is 10.8.